The summed E-state index contributed by atoms with van der Waals surface area (Å²) < 4.78 is 14.4. The van der Waals surface area contributed by atoms with Gasteiger partial charge in [-0.15, -0.1) is 0 Å². The van der Waals surface area contributed by atoms with Crippen molar-refractivity contribution in [1.82, 2.24) is 15.1 Å². The standard InChI is InChI=1S/C19H22FN3O2/c20-16-8-6-14(7-9-16)17-10-11-18(24)23(22-17)13-12-21-19(25)15-4-2-1-3-5-15/h6-11,15H,1-5,12-13H2,(H,21,25). The lowest BCUT2D eigenvalue weighted by molar-refractivity contribution is -0.125. The molecule has 1 heterocycles. The number of hydrogen-bond acceptors (Lipinski definition) is 3. The third kappa shape index (κ3) is 4.53. The molecule has 0 radical (unpaired) electrons. The second kappa shape index (κ2) is 8.05. The zero-order chi connectivity index (χ0) is 17.6. The number of nitrogens with one attached hydrogen (secondary N) is 1. The maximum Gasteiger partial charge on any atom is 0.266 e. The van der Waals surface area contributed by atoms with Crippen molar-refractivity contribution in [2.75, 3.05) is 6.54 Å². The number of rotatable bonds is 5. The number of carbonyl (C=O) groups is 1. The molecule has 0 unspecified atom stereocenters. The lowest BCUT2D eigenvalue weighted by Gasteiger charge is -2.20. The molecule has 1 amide bonds. The van der Waals surface area contributed by atoms with Gasteiger partial charge >= 0.3 is 0 Å². The Bertz CT molecular complexity index is 780. The summed E-state index contributed by atoms with van der Waals surface area (Å²) in [7, 11) is 0. The molecule has 1 fully saturated rings. The number of benzene rings is 1. The number of halogens is 1. The predicted octanol–water partition coefficient (Wildman–Crippen LogP) is 2.75. The highest BCUT2D eigenvalue weighted by Gasteiger charge is 2.20. The average Bonchev–Trinajstić information content (AvgIpc) is 2.64. The number of amides is 1. The van der Waals surface area contributed by atoms with Crippen molar-refractivity contribution < 1.29 is 9.18 Å². The highest BCUT2D eigenvalue weighted by molar-refractivity contribution is 5.78. The minimum absolute atomic E-state index is 0.0717. The fourth-order valence-electron chi connectivity index (χ4n) is 3.18. The van der Waals surface area contributed by atoms with Crippen LogP contribution in [0.4, 0.5) is 4.39 Å². The smallest absolute Gasteiger partial charge is 0.266 e. The van der Waals surface area contributed by atoms with E-state index in [1.807, 2.05) is 0 Å². The van der Waals surface area contributed by atoms with E-state index in [2.05, 4.69) is 10.4 Å². The van der Waals surface area contributed by atoms with Crippen LogP contribution in [0.3, 0.4) is 0 Å². The molecule has 25 heavy (non-hydrogen) atoms. The zero-order valence-corrected chi connectivity index (χ0v) is 14.1. The van der Waals surface area contributed by atoms with Gasteiger partial charge in [-0.25, -0.2) is 9.07 Å². The molecule has 5 nitrogen and oxygen atoms in total. The van der Waals surface area contributed by atoms with Crippen LogP contribution in [0, 0.1) is 11.7 Å². The summed E-state index contributed by atoms with van der Waals surface area (Å²) in [6.45, 7) is 0.682. The normalized spacial score (nSPS) is 15.1. The van der Waals surface area contributed by atoms with E-state index >= 15 is 0 Å². The number of carbonyl (C=O) groups excluding carboxylic acids is 1. The van der Waals surface area contributed by atoms with Gasteiger partial charge in [0.05, 0.1) is 12.2 Å². The van der Waals surface area contributed by atoms with E-state index in [4.69, 9.17) is 0 Å². The minimum atomic E-state index is -0.317. The van der Waals surface area contributed by atoms with Crippen LogP contribution in [-0.4, -0.2) is 22.2 Å². The monoisotopic (exact) mass is 343 g/mol. The highest BCUT2D eigenvalue weighted by atomic mass is 19.1. The van der Waals surface area contributed by atoms with E-state index in [1.54, 1.807) is 18.2 Å². The molecule has 3 rings (SSSR count). The molecule has 0 spiro atoms. The van der Waals surface area contributed by atoms with Gasteiger partial charge in [-0.1, -0.05) is 19.3 Å². The summed E-state index contributed by atoms with van der Waals surface area (Å²) in [4.78, 5) is 24.1. The van der Waals surface area contributed by atoms with Crippen molar-refractivity contribution in [3.8, 4) is 11.3 Å². The Hall–Kier alpha value is -2.50. The molecule has 0 atom stereocenters. The van der Waals surface area contributed by atoms with Gasteiger partial charge in [0.1, 0.15) is 5.82 Å². The molecular weight excluding hydrogens is 321 g/mol. The van der Waals surface area contributed by atoms with E-state index in [0.717, 1.165) is 31.2 Å². The minimum Gasteiger partial charge on any atom is -0.354 e. The maximum atomic E-state index is 13.0. The van der Waals surface area contributed by atoms with Crippen LogP contribution in [-0.2, 0) is 11.3 Å². The predicted molar refractivity (Wildman–Crippen MR) is 93.5 cm³/mol. The van der Waals surface area contributed by atoms with E-state index in [1.165, 1.54) is 29.3 Å². The van der Waals surface area contributed by atoms with Gasteiger partial charge in [0.15, 0.2) is 0 Å². The van der Waals surface area contributed by atoms with Gasteiger partial charge in [-0.2, -0.15) is 5.10 Å². The third-order valence-corrected chi connectivity index (χ3v) is 4.61. The van der Waals surface area contributed by atoms with Gasteiger partial charge < -0.3 is 5.32 Å². The first kappa shape index (κ1) is 17.3. The first-order valence-corrected chi connectivity index (χ1v) is 8.75. The van der Waals surface area contributed by atoms with Crippen molar-refractivity contribution in [3.05, 3.63) is 52.6 Å². The Morgan fingerprint density at radius 3 is 2.56 bits per heavy atom. The molecule has 1 N–H and O–H groups in total. The summed E-state index contributed by atoms with van der Waals surface area (Å²) in [6.07, 6.45) is 5.32. The van der Waals surface area contributed by atoms with Crippen LogP contribution in [0.15, 0.2) is 41.2 Å². The molecule has 1 saturated carbocycles. The van der Waals surface area contributed by atoms with Gasteiger partial charge in [0, 0.05) is 24.1 Å². The molecule has 1 aliphatic rings. The molecule has 132 valence electrons. The van der Waals surface area contributed by atoms with Crippen LogP contribution < -0.4 is 10.9 Å². The van der Waals surface area contributed by atoms with E-state index < -0.39 is 0 Å². The van der Waals surface area contributed by atoms with Gasteiger partial charge in [-0.3, -0.25) is 9.59 Å². The largest absolute Gasteiger partial charge is 0.354 e. The van der Waals surface area contributed by atoms with Crippen LogP contribution in [0.5, 0.6) is 0 Å². The quantitative estimate of drug-likeness (QED) is 0.908. The zero-order valence-electron chi connectivity index (χ0n) is 14.1. The SMILES string of the molecule is O=C(NCCn1nc(-c2ccc(F)cc2)ccc1=O)C1CCCCC1. The van der Waals surface area contributed by atoms with Gasteiger partial charge in [-0.05, 0) is 43.2 Å². The lowest BCUT2D eigenvalue weighted by atomic mass is 9.89. The molecule has 0 bridgehead atoms. The van der Waals surface area contributed by atoms with Crippen molar-refractivity contribution in [2.45, 2.75) is 38.6 Å². The third-order valence-electron chi connectivity index (χ3n) is 4.61. The Kier molecular flexibility index (Phi) is 5.58. The number of aromatic nitrogens is 2. The molecule has 0 saturated heterocycles. The first-order valence-electron chi connectivity index (χ1n) is 8.75. The molecule has 2 aromatic rings. The molecule has 1 aromatic heterocycles. The Balaban J connectivity index is 1.62. The van der Waals surface area contributed by atoms with Crippen LogP contribution in [0.2, 0.25) is 0 Å². The van der Waals surface area contributed by atoms with Gasteiger partial charge in [0.25, 0.3) is 5.56 Å². The Morgan fingerprint density at radius 2 is 1.84 bits per heavy atom. The summed E-state index contributed by atoms with van der Waals surface area (Å²) in [5, 5.41) is 7.22. The Morgan fingerprint density at radius 1 is 1.12 bits per heavy atom. The number of hydrogen-bond donors (Lipinski definition) is 1. The fourth-order valence-corrected chi connectivity index (χ4v) is 3.18. The highest BCUT2D eigenvalue weighted by Crippen LogP contribution is 2.23. The second-order valence-corrected chi connectivity index (χ2v) is 6.41. The van der Waals surface area contributed by atoms with E-state index in [0.29, 0.717) is 18.8 Å². The van der Waals surface area contributed by atoms with Crippen LogP contribution in [0.25, 0.3) is 11.3 Å². The molecule has 0 aliphatic heterocycles. The summed E-state index contributed by atoms with van der Waals surface area (Å²) in [5.74, 6) is -0.145. The average molecular weight is 343 g/mol. The Labute approximate surface area is 145 Å². The van der Waals surface area contributed by atoms with Crippen molar-refractivity contribution >= 4 is 5.91 Å². The molecule has 6 heteroatoms. The van der Waals surface area contributed by atoms with Crippen molar-refractivity contribution in [3.63, 3.8) is 0 Å². The van der Waals surface area contributed by atoms with E-state index in [-0.39, 0.29) is 23.2 Å². The summed E-state index contributed by atoms with van der Waals surface area (Å²) in [6, 6.07) is 9.02. The topological polar surface area (TPSA) is 64.0 Å². The van der Waals surface area contributed by atoms with Crippen molar-refractivity contribution in [1.29, 1.82) is 0 Å². The molecule has 1 aliphatic carbocycles. The fraction of sp³-hybridized carbons (Fsp3) is 0.421. The molecular formula is C19H22FN3O2. The maximum absolute atomic E-state index is 13.0. The first-order chi connectivity index (χ1) is 12.1. The summed E-state index contributed by atoms with van der Waals surface area (Å²) in [5.41, 5.74) is 1.11. The second-order valence-electron chi connectivity index (χ2n) is 6.41. The summed E-state index contributed by atoms with van der Waals surface area (Å²) >= 11 is 0. The van der Waals surface area contributed by atoms with E-state index in [9.17, 15) is 14.0 Å². The van der Waals surface area contributed by atoms with Crippen molar-refractivity contribution in [2.24, 2.45) is 5.92 Å². The van der Waals surface area contributed by atoms with Crippen LogP contribution >= 0.6 is 0 Å². The van der Waals surface area contributed by atoms with Crippen LogP contribution in [0.1, 0.15) is 32.1 Å². The number of nitrogens with zero attached hydrogens (tertiary/aromatic N) is 2. The molecule has 1 aromatic carbocycles. The van der Waals surface area contributed by atoms with Gasteiger partial charge in [0.2, 0.25) is 5.91 Å². The lowest BCUT2D eigenvalue weighted by Crippen LogP contribution is -2.36.